The third kappa shape index (κ3) is 15.7. The van der Waals surface area contributed by atoms with Crippen molar-refractivity contribution in [1.82, 2.24) is 10.3 Å². The molecule has 0 saturated heterocycles. The van der Waals surface area contributed by atoms with Gasteiger partial charge in [-0.05, 0) is 96.9 Å². The average Bonchev–Trinajstić information content (AvgIpc) is 3.21. The zero-order chi connectivity index (χ0) is 42.6. The van der Waals surface area contributed by atoms with Crippen molar-refractivity contribution >= 4 is 40.3 Å². The molecule has 15 heteroatoms. The summed E-state index contributed by atoms with van der Waals surface area (Å²) in [5.74, 6) is -0.373. The number of fused-ring (bicyclic) bond motifs is 1. The summed E-state index contributed by atoms with van der Waals surface area (Å²) in [6.45, 7) is 9.37. The number of hydrogen-bond acceptors (Lipinski definition) is 11. The highest BCUT2D eigenvalue weighted by Gasteiger charge is 2.25. The first-order valence-electron chi connectivity index (χ1n) is 19.6. The first-order chi connectivity index (χ1) is 28.4. The third-order valence-electron chi connectivity index (χ3n) is 8.99. The summed E-state index contributed by atoms with van der Waals surface area (Å²) in [4.78, 5) is 59.8. The summed E-state index contributed by atoms with van der Waals surface area (Å²) in [5.41, 5.74) is 11.2. The van der Waals surface area contributed by atoms with E-state index in [-0.39, 0.29) is 50.6 Å². The second kappa shape index (κ2) is 23.4. The van der Waals surface area contributed by atoms with Crippen LogP contribution in [0.4, 0.5) is 10.6 Å². The fourth-order valence-corrected chi connectivity index (χ4v) is 6.13. The van der Waals surface area contributed by atoms with E-state index in [1.807, 2.05) is 73.7 Å². The number of azide groups is 1. The highest BCUT2D eigenvalue weighted by Crippen LogP contribution is 2.33. The number of aromatic nitrogens is 1. The van der Waals surface area contributed by atoms with Gasteiger partial charge >= 0.3 is 12.1 Å². The Kier molecular flexibility index (Phi) is 18.1. The van der Waals surface area contributed by atoms with E-state index in [9.17, 15) is 19.2 Å². The molecule has 15 nitrogen and oxygen atoms in total. The molecule has 0 aliphatic carbocycles. The SMILES string of the molecule is COC(=O)C[C@H](CC(=O)CNC(=O)CCCN(C(=O)OC(C)(C)C)c1cc(C)ccn1)c1ccc(-c2cccc3ccc(OCCOCCOCCN=[N+]=[N-])cc23)cc1. The van der Waals surface area contributed by atoms with Crippen molar-refractivity contribution in [2.75, 3.05) is 64.7 Å². The highest BCUT2D eigenvalue weighted by atomic mass is 16.6. The number of ether oxygens (including phenoxy) is 5. The van der Waals surface area contributed by atoms with Gasteiger partial charge in [-0.3, -0.25) is 19.3 Å². The van der Waals surface area contributed by atoms with E-state index in [0.29, 0.717) is 51.0 Å². The number of nitrogens with one attached hydrogen (secondary N) is 1. The molecule has 3 aromatic carbocycles. The summed E-state index contributed by atoms with van der Waals surface area (Å²) in [6.07, 6.45) is 1.44. The number of rotatable bonds is 23. The number of aryl methyl sites for hydroxylation is 1. The van der Waals surface area contributed by atoms with Crippen LogP contribution in [0.1, 0.15) is 63.5 Å². The summed E-state index contributed by atoms with van der Waals surface area (Å²) in [7, 11) is 1.31. The zero-order valence-corrected chi connectivity index (χ0v) is 34.5. The van der Waals surface area contributed by atoms with Gasteiger partial charge in [-0.1, -0.05) is 53.6 Å². The van der Waals surface area contributed by atoms with Gasteiger partial charge in [-0.2, -0.15) is 0 Å². The summed E-state index contributed by atoms with van der Waals surface area (Å²) >= 11 is 0. The third-order valence-corrected chi connectivity index (χ3v) is 8.99. The van der Waals surface area contributed by atoms with Gasteiger partial charge < -0.3 is 29.0 Å². The average molecular weight is 811 g/mol. The maximum Gasteiger partial charge on any atom is 0.416 e. The molecule has 0 bridgehead atoms. The Bertz CT molecular complexity index is 2060. The molecule has 2 amide bonds. The maximum atomic E-state index is 13.2. The molecule has 59 heavy (non-hydrogen) atoms. The second-order valence-corrected chi connectivity index (χ2v) is 14.8. The molecule has 1 N–H and O–H groups in total. The van der Waals surface area contributed by atoms with Gasteiger partial charge in [0.15, 0.2) is 5.78 Å². The summed E-state index contributed by atoms with van der Waals surface area (Å²) in [5, 5.41) is 8.13. The molecule has 0 aliphatic heterocycles. The number of carbonyl (C=O) groups excluding carboxylic acids is 4. The van der Waals surface area contributed by atoms with Gasteiger partial charge in [0.25, 0.3) is 0 Å². The number of amides is 2. The topological polar surface area (TPSA) is 191 Å². The number of carbonyl (C=O) groups is 4. The fraction of sp³-hybridized carbons (Fsp3) is 0.432. The number of methoxy groups -OCH3 is 1. The minimum atomic E-state index is -0.713. The first-order valence-corrected chi connectivity index (χ1v) is 19.6. The Morgan fingerprint density at radius 2 is 1.66 bits per heavy atom. The van der Waals surface area contributed by atoms with Crippen molar-refractivity contribution in [3.05, 3.63) is 101 Å². The van der Waals surface area contributed by atoms with Crippen molar-refractivity contribution in [2.24, 2.45) is 5.11 Å². The predicted molar refractivity (Wildman–Crippen MR) is 224 cm³/mol. The normalized spacial score (nSPS) is 11.6. The Morgan fingerprint density at radius 3 is 2.37 bits per heavy atom. The monoisotopic (exact) mass is 810 g/mol. The van der Waals surface area contributed by atoms with Crippen LogP contribution >= 0.6 is 0 Å². The zero-order valence-electron chi connectivity index (χ0n) is 34.5. The first kappa shape index (κ1) is 45.7. The van der Waals surface area contributed by atoms with Crippen LogP contribution in [0.25, 0.3) is 32.3 Å². The number of anilines is 1. The Morgan fingerprint density at radius 1 is 0.915 bits per heavy atom. The lowest BCUT2D eigenvalue weighted by molar-refractivity contribution is -0.141. The van der Waals surface area contributed by atoms with Crippen LogP contribution < -0.4 is 15.0 Å². The predicted octanol–water partition coefficient (Wildman–Crippen LogP) is 7.88. The number of benzene rings is 3. The van der Waals surface area contributed by atoms with Crippen molar-refractivity contribution in [3.8, 4) is 16.9 Å². The van der Waals surface area contributed by atoms with E-state index in [0.717, 1.165) is 33.0 Å². The van der Waals surface area contributed by atoms with E-state index in [4.69, 9.17) is 29.2 Å². The Balaban J connectivity index is 1.32. The lowest BCUT2D eigenvalue weighted by Gasteiger charge is -2.27. The van der Waals surface area contributed by atoms with Gasteiger partial charge in [0, 0.05) is 43.0 Å². The van der Waals surface area contributed by atoms with Crippen molar-refractivity contribution in [1.29, 1.82) is 0 Å². The number of Topliss-reactive ketones (excluding diaryl/α,β-unsaturated/α-hetero) is 1. The van der Waals surface area contributed by atoms with E-state index >= 15 is 0 Å². The van der Waals surface area contributed by atoms with Crippen LogP contribution in [0.15, 0.2) is 84.1 Å². The van der Waals surface area contributed by atoms with E-state index in [1.165, 1.54) is 12.0 Å². The highest BCUT2D eigenvalue weighted by molar-refractivity contribution is 5.97. The molecule has 4 rings (SSSR count). The van der Waals surface area contributed by atoms with Crippen molar-refractivity contribution in [3.63, 3.8) is 0 Å². The van der Waals surface area contributed by atoms with Gasteiger partial charge in [0.2, 0.25) is 5.91 Å². The van der Waals surface area contributed by atoms with E-state index in [2.05, 4.69) is 20.3 Å². The minimum absolute atomic E-state index is 0.00778. The van der Waals surface area contributed by atoms with Crippen LogP contribution in [0.5, 0.6) is 5.75 Å². The largest absolute Gasteiger partial charge is 0.491 e. The molecular weight excluding hydrogens is 757 g/mol. The number of hydrogen-bond donors (Lipinski definition) is 1. The standard InChI is InChI=1S/C44H54N6O9/c1-31-17-18-46-40(26-31)50(43(54)59-44(2,3)4)20-7-10-41(52)47-30-36(51)27-35(28-42(53)55-5)32-11-13-34(14-12-32)38-9-6-8-33-15-16-37(29-39(33)38)58-25-24-57-23-22-56-21-19-48-49-45/h6,8-9,11-18,26,29,35H,7,10,19-25,27-28,30H2,1-5H3,(H,47,52)/t35-/m0/s1. The molecule has 0 spiro atoms. The molecule has 0 fully saturated rings. The van der Waals surface area contributed by atoms with Crippen LogP contribution in [0.2, 0.25) is 0 Å². The lowest BCUT2D eigenvalue weighted by Crippen LogP contribution is -2.38. The van der Waals surface area contributed by atoms with Crippen LogP contribution in [0, 0.1) is 6.92 Å². The van der Waals surface area contributed by atoms with Gasteiger partial charge in [0.1, 0.15) is 23.8 Å². The number of nitrogens with zero attached hydrogens (tertiary/aromatic N) is 5. The quantitative estimate of drug-likeness (QED) is 0.0253. The van der Waals surface area contributed by atoms with Gasteiger partial charge in [-0.25, -0.2) is 9.78 Å². The number of ketones is 1. The van der Waals surface area contributed by atoms with Crippen LogP contribution in [-0.2, 0) is 33.3 Å². The molecule has 1 heterocycles. The Hall–Kier alpha value is -6.02. The maximum absolute atomic E-state index is 13.2. The number of pyridine rings is 1. The molecule has 0 aliphatic rings. The molecule has 0 radical (unpaired) electrons. The molecule has 4 aromatic rings. The molecular formula is C44H54N6O9. The molecule has 314 valence electrons. The van der Waals surface area contributed by atoms with E-state index < -0.39 is 23.6 Å². The lowest BCUT2D eigenvalue weighted by atomic mass is 9.89. The molecule has 1 aromatic heterocycles. The van der Waals surface area contributed by atoms with E-state index in [1.54, 1.807) is 33.0 Å². The van der Waals surface area contributed by atoms with Crippen LogP contribution in [-0.4, -0.2) is 94.1 Å². The smallest absolute Gasteiger partial charge is 0.416 e. The fourth-order valence-electron chi connectivity index (χ4n) is 6.13. The van der Waals surface area contributed by atoms with Gasteiger partial charge in [0.05, 0.1) is 46.5 Å². The van der Waals surface area contributed by atoms with Crippen molar-refractivity contribution < 1.29 is 42.9 Å². The minimum Gasteiger partial charge on any atom is -0.491 e. The van der Waals surface area contributed by atoms with Gasteiger partial charge in [-0.15, -0.1) is 0 Å². The van der Waals surface area contributed by atoms with Crippen molar-refractivity contribution in [2.45, 2.75) is 64.9 Å². The Labute approximate surface area is 344 Å². The number of esters is 1. The summed E-state index contributed by atoms with van der Waals surface area (Å²) in [6, 6.07) is 23.3. The van der Waals surface area contributed by atoms with Crippen LogP contribution in [0.3, 0.4) is 0 Å². The molecule has 1 atom stereocenters. The molecule has 0 unspecified atom stereocenters. The molecule has 0 saturated carbocycles. The second-order valence-electron chi connectivity index (χ2n) is 14.8. The summed E-state index contributed by atoms with van der Waals surface area (Å²) < 4.78 is 27.4.